The smallest absolute Gasteiger partial charge is 0.244 e. The van der Waals surface area contributed by atoms with Crippen molar-refractivity contribution in [1.29, 1.82) is 0 Å². The van der Waals surface area contributed by atoms with E-state index in [-0.39, 0.29) is 6.04 Å². The van der Waals surface area contributed by atoms with Crippen LogP contribution in [-0.2, 0) is 4.79 Å². The Labute approximate surface area is 146 Å². The van der Waals surface area contributed by atoms with Crippen molar-refractivity contribution in [1.82, 2.24) is 10.2 Å². The molecule has 2 aliphatic rings. The molecule has 2 aliphatic heterocycles. The highest BCUT2D eigenvalue weighted by molar-refractivity contribution is 5.97. The molecule has 1 atom stereocenters. The van der Waals surface area contributed by atoms with Crippen molar-refractivity contribution in [2.24, 2.45) is 5.92 Å². The Morgan fingerprint density at radius 1 is 1.08 bits per heavy atom. The maximum absolute atomic E-state index is 13.0. The molecule has 3 rings (SSSR count). The number of rotatable bonds is 5. The third-order valence-electron chi connectivity index (χ3n) is 5.65. The van der Waals surface area contributed by atoms with Gasteiger partial charge in [0.15, 0.2) is 0 Å². The van der Waals surface area contributed by atoms with Crippen LogP contribution in [0.4, 0.5) is 5.69 Å². The minimum absolute atomic E-state index is 0.0882. The molecule has 1 N–H and O–H groups in total. The summed E-state index contributed by atoms with van der Waals surface area (Å²) in [4.78, 5) is 17.5. The second-order valence-corrected chi connectivity index (χ2v) is 7.36. The largest absolute Gasteiger partial charge is 0.320 e. The van der Waals surface area contributed by atoms with Crippen LogP contribution in [0.3, 0.4) is 0 Å². The molecule has 0 saturated carbocycles. The zero-order valence-electron chi connectivity index (χ0n) is 15.1. The van der Waals surface area contributed by atoms with Crippen LogP contribution in [-0.4, -0.2) is 50.1 Å². The van der Waals surface area contributed by atoms with E-state index < -0.39 is 0 Å². The van der Waals surface area contributed by atoms with Crippen molar-refractivity contribution in [2.45, 2.75) is 45.1 Å². The summed E-state index contributed by atoms with van der Waals surface area (Å²) in [5.41, 5.74) is 2.29. The van der Waals surface area contributed by atoms with Crippen LogP contribution in [0.15, 0.2) is 24.3 Å². The Kier molecular flexibility index (Phi) is 5.90. The first-order chi connectivity index (χ1) is 11.7. The van der Waals surface area contributed by atoms with Crippen molar-refractivity contribution in [3.05, 3.63) is 29.8 Å². The number of piperidine rings is 2. The highest BCUT2D eigenvalue weighted by Crippen LogP contribution is 2.28. The average molecular weight is 329 g/mol. The molecule has 0 bridgehead atoms. The lowest BCUT2D eigenvalue weighted by molar-refractivity contribution is -0.126. The number of nitrogens with zero attached hydrogens (tertiary/aromatic N) is 2. The first-order valence-electron chi connectivity index (χ1n) is 9.45. The summed E-state index contributed by atoms with van der Waals surface area (Å²) in [6.07, 6.45) is 5.84. The molecule has 0 radical (unpaired) electrons. The molecule has 0 spiro atoms. The van der Waals surface area contributed by atoms with Gasteiger partial charge in [0.25, 0.3) is 0 Å². The normalized spacial score (nSPS) is 23.7. The lowest BCUT2D eigenvalue weighted by Gasteiger charge is -2.41. The minimum Gasteiger partial charge on any atom is -0.320 e. The molecule has 0 aliphatic carbocycles. The molecular formula is C20H31N3O. The standard InChI is InChI=1S/C20H31N3O/c1-16-5-7-18(8-6-16)23-13-3-4-19(20(23)24)22-14-10-17(11-15-22)9-12-21-2/h5-8,17,19,21H,3-4,9-15H2,1-2H3. The zero-order chi connectivity index (χ0) is 16.9. The minimum atomic E-state index is 0.0882. The van der Waals surface area contributed by atoms with Crippen molar-refractivity contribution < 1.29 is 4.79 Å². The van der Waals surface area contributed by atoms with Gasteiger partial charge in [-0.15, -0.1) is 0 Å². The third-order valence-corrected chi connectivity index (χ3v) is 5.65. The monoisotopic (exact) mass is 329 g/mol. The van der Waals surface area contributed by atoms with E-state index in [4.69, 9.17) is 0 Å². The number of likely N-dealkylation sites (tertiary alicyclic amines) is 1. The predicted octanol–water partition coefficient (Wildman–Crippen LogP) is 2.81. The second-order valence-electron chi connectivity index (χ2n) is 7.36. The van der Waals surface area contributed by atoms with E-state index >= 15 is 0 Å². The van der Waals surface area contributed by atoms with E-state index in [0.29, 0.717) is 5.91 Å². The Morgan fingerprint density at radius 3 is 2.46 bits per heavy atom. The van der Waals surface area contributed by atoms with Crippen LogP contribution in [0, 0.1) is 12.8 Å². The van der Waals surface area contributed by atoms with E-state index in [2.05, 4.69) is 41.4 Å². The highest BCUT2D eigenvalue weighted by Gasteiger charge is 2.35. The second kappa shape index (κ2) is 8.13. The Morgan fingerprint density at radius 2 is 1.79 bits per heavy atom. The van der Waals surface area contributed by atoms with Crippen molar-refractivity contribution in [3.8, 4) is 0 Å². The van der Waals surface area contributed by atoms with Crippen LogP contribution in [0.1, 0.15) is 37.7 Å². The van der Waals surface area contributed by atoms with Crippen molar-refractivity contribution in [2.75, 3.05) is 38.1 Å². The van der Waals surface area contributed by atoms with Crippen molar-refractivity contribution >= 4 is 11.6 Å². The molecule has 2 saturated heterocycles. The van der Waals surface area contributed by atoms with Gasteiger partial charge in [-0.3, -0.25) is 9.69 Å². The molecular weight excluding hydrogens is 298 g/mol. The molecule has 2 fully saturated rings. The Hall–Kier alpha value is -1.39. The van der Waals surface area contributed by atoms with Crippen LogP contribution in [0.2, 0.25) is 0 Å². The van der Waals surface area contributed by atoms with Crippen LogP contribution in [0.5, 0.6) is 0 Å². The molecule has 2 heterocycles. The quantitative estimate of drug-likeness (QED) is 0.902. The number of carbonyl (C=O) groups is 1. The topological polar surface area (TPSA) is 35.6 Å². The van der Waals surface area contributed by atoms with E-state index in [9.17, 15) is 4.79 Å². The number of anilines is 1. The van der Waals surface area contributed by atoms with Crippen molar-refractivity contribution in [3.63, 3.8) is 0 Å². The van der Waals surface area contributed by atoms with E-state index in [1.54, 1.807) is 0 Å². The fraction of sp³-hybridized carbons (Fsp3) is 0.650. The number of amides is 1. The molecule has 4 nitrogen and oxygen atoms in total. The summed E-state index contributed by atoms with van der Waals surface area (Å²) in [6, 6.07) is 8.45. The summed E-state index contributed by atoms with van der Waals surface area (Å²) in [5, 5.41) is 3.25. The van der Waals surface area contributed by atoms with E-state index in [0.717, 1.165) is 50.6 Å². The summed E-state index contributed by atoms with van der Waals surface area (Å²) < 4.78 is 0. The highest BCUT2D eigenvalue weighted by atomic mass is 16.2. The van der Waals surface area contributed by atoms with Gasteiger partial charge >= 0.3 is 0 Å². The molecule has 1 amide bonds. The first-order valence-corrected chi connectivity index (χ1v) is 9.45. The van der Waals surface area contributed by atoms with Gasteiger partial charge in [0.05, 0.1) is 6.04 Å². The number of carbonyl (C=O) groups excluding carboxylic acids is 1. The molecule has 1 aromatic rings. The number of hydrogen-bond donors (Lipinski definition) is 1. The zero-order valence-corrected chi connectivity index (χ0v) is 15.1. The molecule has 1 unspecified atom stereocenters. The number of hydrogen-bond acceptors (Lipinski definition) is 3. The molecule has 24 heavy (non-hydrogen) atoms. The lowest BCUT2D eigenvalue weighted by atomic mass is 9.91. The molecule has 0 aromatic heterocycles. The lowest BCUT2D eigenvalue weighted by Crippen LogP contribution is -2.54. The number of aryl methyl sites for hydroxylation is 1. The first kappa shape index (κ1) is 17.4. The molecule has 4 heteroatoms. The van der Waals surface area contributed by atoms with Gasteiger partial charge in [0.2, 0.25) is 5.91 Å². The van der Waals surface area contributed by atoms with E-state index in [1.165, 1.54) is 24.8 Å². The van der Waals surface area contributed by atoms with Gasteiger partial charge in [-0.2, -0.15) is 0 Å². The van der Waals surface area contributed by atoms with E-state index in [1.807, 2.05) is 11.9 Å². The van der Waals surface area contributed by atoms with Gasteiger partial charge in [-0.25, -0.2) is 0 Å². The summed E-state index contributed by atoms with van der Waals surface area (Å²) in [7, 11) is 2.02. The molecule has 132 valence electrons. The summed E-state index contributed by atoms with van der Waals surface area (Å²) in [6.45, 7) is 6.20. The maximum atomic E-state index is 13.0. The van der Waals surface area contributed by atoms with Gasteiger partial charge in [-0.1, -0.05) is 17.7 Å². The summed E-state index contributed by atoms with van der Waals surface area (Å²) >= 11 is 0. The van der Waals surface area contributed by atoms with Crippen LogP contribution < -0.4 is 10.2 Å². The average Bonchev–Trinajstić information content (AvgIpc) is 2.62. The third kappa shape index (κ3) is 3.98. The Balaban J connectivity index is 1.60. The molecule has 1 aromatic carbocycles. The number of benzene rings is 1. The number of nitrogens with one attached hydrogen (secondary N) is 1. The maximum Gasteiger partial charge on any atom is 0.244 e. The fourth-order valence-electron chi connectivity index (χ4n) is 4.08. The fourth-order valence-corrected chi connectivity index (χ4v) is 4.08. The SMILES string of the molecule is CNCCC1CCN(C2CCCN(c3ccc(C)cc3)C2=O)CC1. The van der Waals surface area contributed by atoms with Crippen LogP contribution in [0.25, 0.3) is 0 Å². The van der Waals surface area contributed by atoms with Gasteiger partial charge in [0.1, 0.15) is 0 Å². The van der Waals surface area contributed by atoms with Gasteiger partial charge in [0, 0.05) is 12.2 Å². The van der Waals surface area contributed by atoms with Crippen LogP contribution >= 0.6 is 0 Å². The Bertz CT molecular complexity index is 534. The van der Waals surface area contributed by atoms with Gasteiger partial charge in [-0.05, 0) is 83.8 Å². The predicted molar refractivity (Wildman–Crippen MR) is 99.4 cm³/mol. The van der Waals surface area contributed by atoms with Gasteiger partial charge < -0.3 is 10.2 Å². The summed E-state index contributed by atoms with van der Waals surface area (Å²) in [5.74, 6) is 1.12.